The molecule has 1 heterocycles. The van der Waals surface area contributed by atoms with Gasteiger partial charge in [-0.3, -0.25) is 0 Å². The van der Waals surface area contributed by atoms with Crippen molar-refractivity contribution < 1.29 is 13.2 Å². The van der Waals surface area contributed by atoms with Gasteiger partial charge in [-0.05, 0) is 19.4 Å². The second kappa shape index (κ2) is 5.26. The van der Waals surface area contributed by atoms with Gasteiger partial charge in [-0.1, -0.05) is 24.5 Å². The first-order valence-corrected chi connectivity index (χ1v) is 6.25. The molecule has 0 saturated heterocycles. The Hall–Kier alpha value is -1.11. The molecule has 18 heavy (non-hydrogen) atoms. The smallest absolute Gasteiger partial charge is 0.330 e. The van der Waals surface area contributed by atoms with Crippen LogP contribution in [0.1, 0.15) is 49.5 Å². The average Bonchev–Trinajstić information content (AvgIpc) is 2.74. The van der Waals surface area contributed by atoms with E-state index in [4.69, 9.17) is 5.73 Å². The highest BCUT2D eigenvalue weighted by Gasteiger charge is 2.40. The molecule has 0 bridgehead atoms. The largest absolute Gasteiger partial charge is 0.434 e. The third kappa shape index (κ3) is 2.66. The van der Waals surface area contributed by atoms with Crippen molar-refractivity contribution in [2.75, 3.05) is 6.54 Å². The van der Waals surface area contributed by atoms with Crippen LogP contribution in [0, 0.1) is 0 Å². The van der Waals surface area contributed by atoms with Gasteiger partial charge in [0, 0.05) is 6.42 Å². The minimum absolute atomic E-state index is 0.0319. The fourth-order valence-electron chi connectivity index (χ4n) is 2.51. The molecule has 1 saturated carbocycles. The highest BCUT2D eigenvalue weighted by Crippen LogP contribution is 2.36. The molecule has 102 valence electrons. The molecule has 1 aliphatic rings. The number of alkyl halides is 3. The Kier molecular flexibility index (Phi) is 3.89. The van der Waals surface area contributed by atoms with Crippen LogP contribution in [0.25, 0.3) is 0 Å². The molecule has 0 aliphatic heterocycles. The van der Waals surface area contributed by atoms with Crippen molar-refractivity contribution in [3.63, 3.8) is 0 Å². The van der Waals surface area contributed by atoms with Gasteiger partial charge in [0.15, 0.2) is 5.69 Å². The Morgan fingerprint density at radius 2 is 1.89 bits per heavy atom. The summed E-state index contributed by atoms with van der Waals surface area (Å²) < 4.78 is 40.3. The molecule has 0 radical (unpaired) electrons. The summed E-state index contributed by atoms with van der Waals surface area (Å²) in [6.45, 7) is 0.145. The third-order valence-electron chi connectivity index (χ3n) is 3.33. The quantitative estimate of drug-likeness (QED) is 0.909. The van der Waals surface area contributed by atoms with Gasteiger partial charge in [-0.2, -0.15) is 13.2 Å². The van der Waals surface area contributed by atoms with Crippen LogP contribution in [0.2, 0.25) is 0 Å². The summed E-state index contributed by atoms with van der Waals surface area (Å²) >= 11 is 0. The van der Waals surface area contributed by atoms with Crippen molar-refractivity contribution in [2.24, 2.45) is 5.73 Å². The first-order chi connectivity index (χ1) is 8.54. The summed E-state index contributed by atoms with van der Waals surface area (Å²) in [6.07, 6.45) is 0.181. The summed E-state index contributed by atoms with van der Waals surface area (Å²) in [5, 5.41) is 7.38. The SMILES string of the molecule is NCCc1nnn(C2CCCCC2)c1C(F)(F)F. The Labute approximate surface area is 103 Å². The van der Waals surface area contributed by atoms with E-state index in [1.54, 1.807) is 0 Å². The summed E-state index contributed by atoms with van der Waals surface area (Å²) in [6, 6.07) is -0.172. The molecule has 0 aromatic carbocycles. The molecule has 0 atom stereocenters. The van der Waals surface area contributed by atoms with Crippen LogP contribution in [0.3, 0.4) is 0 Å². The number of aromatic nitrogens is 3. The van der Waals surface area contributed by atoms with E-state index < -0.39 is 11.9 Å². The van der Waals surface area contributed by atoms with Crippen molar-refractivity contribution in [1.29, 1.82) is 0 Å². The summed E-state index contributed by atoms with van der Waals surface area (Å²) in [7, 11) is 0. The van der Waals surface area contributed by atoms with E-state index >= 15 is 0 Å². The number of halogens is 3. The van der Waals surface area contributed by atoms with Crippen molar-refractivity contribution in [3.8, 4) is 0 Å². The third-order valence-corrected chi connectivity index (χ3v) is 3.33. The number of hydrogen-bond acceptors (Lipinski definition) is 3. The van der Waals surface area contributed by atoms with Crippen LogP contribution in [0.15, 0.2) is 0 Å². The highest BCUT2D eigenvalue weighted by atomic mass is 19.4. The Morgan fingerprint density at radius 3 is 2.44 bits per heavy atom. The molecule has 0 unspecified atom stereocenters. The van der Waals surface area contributed by atoms with E-state index in [-0.39, 0.29) is 24.7 Å². The molecule has 7 heteroatoms. The lowest BCUT2D eigenvalue weighted by atomic mass is 9.95. The van der Waals surface area contributed by atoms with Gasteiger partial charge in [0.25, 0.3) is 0 Å². The first kappa shape index (κ1) is 13.3. The van der Waals surface area contributed by atoms with Crippen LogP contribution in [-0.4, -0.2) is 21.5 Å². The van der Waals surface area contributed by atoms with Gasteiger partial charge < -0.3 is 5.73 Å². The molecule has 0 spiro atoms. The van der Waals surface area contributed by atoms with E-state index in [0.29, 0.717) is 0 Å². The maximum atomic E-state index is 13.1. The lowest BCUT2D eigenvalue weighted by molar-refractivity contribution is -0.145. The van der Waals surface area contributed by atoms with Gasteiger partial charge in [-0.15, -0.1) is 5.10 Å². The molecule has 1 fully saturated rings. The number of hydrogen-bond donors (Lipinski definition) is 1. The van der Waals surface area contributed by atoms with E-state index in [1.807, 2.05) is 0 Å². The zero-order valence-corrected chi connectivity index (χ0v) is 10.1. The Bertz CT molecular complexity index is 393. The maximum absolute atomic E-state index is 13.1. The zero-order chi connectivity index (χ0) is 13.2. The average molecular weight is 262 g/mol. The Balaban J connectivity index is 2.34. The maximum Gasteiger partial charge on any atom is 0.434 e. The summed E-state index contributed by atoms with van der Waals surface area (Å²) in [5.74, 6) is 0. The van der Waals surface area contributed by atoms with E-state index in [0.717, 1.165) is 36.8 Å². The van der Waals surface area contributed by atoms with Gasteiger partial charge in [-0.25, -0.2) is 4.68 Å². The number of rotatable bonds is 3. The molecule has 1 aromatic rings. The standard InChI is InChI=1S/C11H17F3N4/c12-11(13,14)10-9(6-7-15)16-17-18(10)8-4-2-1-3-5-8/h8H,1-7,15H2. The molecular formula is C11H17F3N4. The highest BCUT2D eigenvalue weighted by molar-refractivity contribution is 5.15. The fraction of sp³-hybridized carbons (Fsp3) is 0.818. The lowest BCUT2D eigenvalue weighted by Crippen LogP contribution is -2.23. The Morgan fingerprint density at radius 1 is 1.22 bits per heavy atom. The molecule has 4 nitrogen and oxygen atoms in total. The minimum Gasteiger partial charge on any atom is -0.330 e. The van der Waals surface area contributed by atoms with Gasteiger partial charge >= 0.3 is 6.18 Å². The van der Waals surface area contributed by atoms with Crippen molar-refractivity contribution >= 4 is 0 Å². The van der Waals surface area contributed by atoms with Crippen molar-refractivity contribution in [1.82, 2.24) is 15.0 Å². The molecule has 0 amide bonds. The second-order valence-electron chi connectivity index (χ2n) is 4.66. The van der Waals surface area contributed by atoms with Crippen molar-refractivity contribution in [3.05, 3.63) is 11.4 Å². The van der Waals surface area contributed by atoms with E-state index in [1.165, 1.54) is 0 Å². The monoisotopic (exact) mass is 262 g/mol. The van der Waals surface area contributed by atoms with Gasteiger partial charge in [0.05, 0.1) is 11.7 Å². The molecule has 1 aliphatic carbocycles. The van der Waals surface area contributed by atoms with E-state index in [2.05, 4.69) is 10.3 Å². The van der Waals surface area contributed by atoms with E-state index in [9.17, 15) is 13.2 Å². The number of nitrogens with zero attached hydrogens (tertiary/aromatic N) is 3. The second-order valence-corrected chi connectivity index (χ2v) is 4.66. The predicted molar refractivity (Wildman–Crippen MR) is 59.9 cm³/mol. The molecular weight excluding hydrogens is 245 g/mol. The molecule has 2 rings (SSSR count). The summed E-state index contributed by atoms with van der Waals surface area (Å²) in [4.78, 5) is 0. The first-order valence-electron chi connectivity index (χ1n) is 6.25. The minimum atomic E-state index is -4.41. The summed E-state index contributed by atoms with van der Waals surface area (Å²) in [5.41, 5.74) is 4.58. The lowest BCUT2D eigenvalue weighted by Gasteiger charge is -2.24. The fourth-order valence-corrected chi connectivity index (χ4v) is 2.51. The topological polar surface area (TPSA) is 56.7 Å². The van der Waals surface area contributed by atoms with Crippen LogP contribution in [0.4, 0.5) is 13.2 Å². The zero-order valence-electron chi connectivity index (χ0n) is 10.1. The van der Waals surface area contributed by atoms with Gasteiger partial charge in [0.2, 0.25) is 0 Å². The van der Waals surface area contributed by atoms with Crippen molar-refractivity contribution in [2.45, 2.75) is 50.7 Å². The number of nitrogens with two attached hydrogens (primary N) is 1. The van der Waals surface area contributed by atoms with Crippen LogP contribution in [0.5, 0.6) is 0 Å². The van der Waals surface area contributed by atoms with Crippen LogP contribution in [-0.2, 0) is 12.6 Å². The normalized spacial score (nSPS) is 18.2. The van der Waals surface area contributed by atoms with Crippen LogP contribution >= 0.6 is 0 Å². The van der Waals surface area contributed by atoms with Crippen LogP contribution < -0.4 is 5.73 Å². The molecule has 1 aromatic heterocycles. The molecule has 2 N–H and O–H groups in total. The predicted octanol–water partition coefficient (Wildman–Crippen LogP) is 2.30. The van der Waals surface area contributed by atoms with Gasteiger partial charge in [0.1, 0.15) is 0 Å².